The highest BCUT2D eigenvalue weighted by Crippen LogP contribution is 2.12. The third-order valence-corrected chi connectivity index (χ3v) is 4.33. The SMILES string of the molecule is Nc1nc2ncc(CNc3ccc(C(=O)NC(CCC(=O)[O-])C(=O)[O-])cc3)nc2c(=O)[nH]1. The maximum Gasteiger partial charge on any atom is 0.280 e. The Morgan fingerprint density at radius 1 is 1.12 bits per heavy atom. The van der Waals surface area contributed by atoms with Crippen molar-refractivity contribution in [1.82, 2.24) is 25.3 Å². The first-order chi connectivity index (χ1) is 15.2. The molecule has 1 atom stereocenters. The first kappa shape index (κ1) is 22.1. The third-order valence-electron chi connectivity index (χ3n) is 4.33. The molecular weight excluding hydrogens is 422 g/mol. The molecule has 2 heterocycles. The lowest BCUT2D eigenvalue weighted by Gasteiger charge is -2.20. The number of benzene rings is 1. The summed E-state index contributed by atoms with van der Waals surface area (Å²) in [6, 6.07) is 4.59. The highest BCUT2D eigenvalue weighted by atomic mass is 16.4. The van der Waals surface area contributed by atoms with Crippen molar-refractivity contribution in [2.75, 3.05) is 11.1 Å². The summed E-state index contributed by atoms with van der Waals surface area (Å²) in [7, 11) is 0. The number of carbonyl (C=O) groups excluding carboxylic acids is 3. The predicted octanol–water partition coefficient (Wildman–Crippen LogP) is -2.71. The molecule has 0 aliphatic heterocycles. The fourth-order valence-corrected chi connectivity index (χ4v) is 2.74. The number of carbonyl (C=O) groups is 3. The third kappa shape index (κ3) is 5.53. The van der Waals surface area contributed by atoms with Gasteiger partial charge in [-0.1, -0.05) is 0 Å². The Balaban J connectivity index is 1.62. The normalized spacial score (nSPS) is 11.6. The van der Waals surface area contributed by atoms with Crippen molar-refractivity contribution in [2.45, 2.75) is 25.4 Å². The number of H-pyrrole nitrogens is 1. The van der Waals surface area contributed by atoms with E-state index in [1.165, 1.54) is 18.3 Å². The number of rotatable bonds is 9. The maximum atomic E-state index is 12.2. The Kier molecular flexibility index (Phi) is 6.58. The van der Waals surface area contributed by atoms with E-state index in [0.29, 0.717) is 11.4 Å². The van der Waals surface area contributed by atoms with Gasteiger partial charge in [0.2, 0.25) is 5.95 Å². The van der Waals surface area contributed by atoms with Crippen LogP contribution in [0, 0.1) is 0 Å². The molecule has 32 heavy (non-hydrogen) atoms. The van der Waals surface area contributed by atoms with Crippen LogP contribution in [0.25, 0.3) is 11.2 Å². The molecule has 1 unspecified atom stereocenters. The minimum atomic E-state index is -1.59. The molecule has 1 amide bonds. The van der Waals surface area contributed by atoms with Crippen molar-refractivity contribution < 1.29 is 24.6 Å². The summed E-state index contributed by atoms with van der Waals surface area (Å²) < 4.78 is 0. The van der Waals surface area contributed by atoms with Crippen LogP contribution in [0.2, 0.25) is 0 Å². The number of nitrogen functional groups attached to an aromatic ring is 1. The first-order valence-corrected chi connectivity index (χ1v) is 9.30. The summed E-state index contributed by atoms with van der Waals surface area (Å²) >= 11 is 0. The van der Waals surface area contributed by atoms with Gasteiger partial charge in [0.05, 0.1) is 30.4 Å². The van der Waals surface area contributed by atoms with Crippen molar-refractivity contribution in [1.29, 1.82) is 0 Å². The van der Waals surface area contributed by atoms with Crippen LogP contribution in [0.15, 0.2) is 35.3 Å². The Morgan fingerprint density at radius 3 is 2.50 bits per heavy atom. The van der Waals surface area contributed by atoms with E-state index in [1.54, 1.807) is 12.1 Å². The number of carboxylic acids is 2. The van der Waals surface area contributed by atoms with E-state index in [9.17, 15) is 29.4 Å². The zero-order chi connectivity index (χ0) is 23.3. The minimum absolute atomic E-state index is 0.0478. The van der Waals surface area contributed by atoms with E-state index in [-0.39, 0.29) is 35.6 Å². The molecule has 13 nitrogen and oxygen atoms in total. The fourth-order valence-electron chi connectivity index (χ4n) is 2.74. The van der Waals surface area contributed by atoms with Crippen molar-refractivity contribution in [3.8, 4) is 0 Å². The number of aromatic nitrogens is 4. The van der Waals surface area contributed by atoms with E-state index >= 15 is 0 Å². The molecule has 0 aliphatic rings. The number of aromatic amines is 1. The molecule has 0 saturated carbocycles. The minimum Gasteiger partial charge on any atom is -0.550 e. The topological polar surface area (TPSA) is 219 Å². The zero-order valence-electron chi connectivity index (χ0n) is 16.5. The molecule has 2 aromatic heterocycles. The van der Waals surface area contributed by atoms with E-state index in [4.69, 9.17) is 5.73 Å². The lowest BCUT2D eigenvalue weighted by atomic mass is 10.1. The average molecular weight is 439 g/mol. The largest absolute Gasteiger partial charge is 0.550 e. The lowest BCUT2D eigenvalue weighted by molar-refractivity contribution is -0.309. The highest BCUT2D eigenvalue weighted by molar-refractivity contribution is 5.96. The summed E-state index contributed by atoms with van der Waals surface area (Å²) in [6.07, 6.45) is 0.554. The number of carboxylic acid groups (broad SMARTS) is 2. The smallest absolute Gasteiger partial charge is 0.280 e. The quantitative estimate of drug-likeness (QED) is 0.268. The van der Waals surface area contributed by atoms with E-state index in [2.05, 4.69) is 30.6 Å². The summed E-state index contributed by atoms with van der Waals surface area (Å²) in [5, 5.41) is 26.8. The van der Waals surface area contributed by atoms with Crippen molar-refractivity contribution in [2.24, 2.45) is 0 Å². The number of aliphatic carboxylic acids is 2. The van der Waals surface area contributed by atoms with Gasteiger partial charge in [0.1, 0.15) is 0 Å². The summed E-state index contributed by atoms with van der Waals surface area (Å²) in [5.74, 6) is -3.78. The standard InChI is InChI=1S/C19H19N7O6/c20-19-25-15-14(17(30)26-19)23-11(8-22-15)7-21-10-3-1-9(2-4-10)16(29)24-12(18(31)32)5-6-13(27)28/h1-4,8,12,21H,5-7H2,(H,24,29)(H,27,28)(H,31,32)(H3,20,22,25,26,30)/p-2. The van der Waals surface area contributed by atoms with Gasteiger partial charge in [-0.15, -0.1) is 0 Å². The van der Waals surface area contributed by atoms with E-state index in [1.807, 2.05) is 0 Å². The Bertz CT molecular complexity index is 1230. The number of nitrogens with two attached hydrogens (primary N) is 1. The molecular formula is C19H17N7O6-2. The first-order valence-electron chi connectivity index (χ1n) is 9.30. The second-order valence-electron chi connectivity index (χ2n) is 6.67. The van der Waals surface area contributed by atoms with Gasteiger partial charge >= 0.3 is 0 Å². The van der Waals surface area contributed by atoms with E-state index in [0.717, 1.165) is 0 Å². The second kappa shape index (κ2) is 9.51. The maximum absolute atomic E-state index is 12.2. The Morgan fingerprint density at radius 2 is 1.84 bits per heavy atom. The van der Waals surface area contributed by atoms with Crippen LogP contribution in [0.5, 0.6) is 0 Å². The van der Waals surface area contributed by atoms with Crippen LogP contribution in [0.3, 0.4) is 0 Å². The molecule has 0 saturated heterocycles. The molecule has 3 aromatic rings. The van der Waals surface area contributed by atoms with Gasteiger partial charge < -0.3 is 36.2 Å². The second-order valence-corrected chi connectivity index (χ2v) is 6.67. The molecule has 3 rings (SSSR count). The molecule has 13 heteroatoms. The average Bonchev–Trinajstić information content (AvgIpc) is 2.75. The number of fused-ring (bicyclic) bond motifs is 1. The van der Waals surface area contributed by atoms with Gasteiger partial charge in [-0.2, -0.15) is 4.98 Å². The van der Waals surface area contributed by atoms with Gasteiger partial charge in [0.25, 0.3) is 11.5 Å². The lowest BCUT2D eigenvalue weighted by Crippen LogP contribution is -2.48. The van der Waals surface area contributed by atoms with Crippen LogP contribution in [0.4, 0.5) is 11.6 Å². The fraction of sp³-hybridized carbons (Fsp3) is 0.211. The van der Waals surface area contributed by atoms with Crippen LogP contribution >= 0.6 is 0 Å². The number of nitrogens with one attached hydrogen (secondary N) is 3. The zero-order valence-corrected chi connectivity index (χ0v) is 16.5. The van der Waals surface area contributed by atoms with Crippen LogP contribution < -0.4 is 32.1 Å². The molecule has 0 bridgehead atoms. The van der Waals surface area contributed by atoms with Crippen LogP contribution in [-0.2, 0) is 16.1 Å². The number of hydrogen-bond donors (Lipinski definition) is 4. The molecule has 0 spiro atoms. The Labute approximate surface area is 179 Å². The van der Waals surface area contributed by atoms with Crippen molar-refractivity contribution >= 4 is 40.6 Å². The molecule has 0 aliphatic carbocycles. The molecule has 0 fully saturated rings. The number of amides is 1. The predicted molar refractivity (Wildman–Crippen MR) is 107 cm³/mol. The highest BCUT2D eigenvalue weighted by Gasteiger charge is 2.15. The van der Waals surface area contributed by atoms with Gasteiger partial charge in [-0.3, -0.25) is 14.6 Å². The van der Waals surface area contributed by atoms with Crippen LogP contribution in [0.1, 0.15) is 28.9 Å². The number of anilines is 2. The monoisotopic (exact) mass is 439 g/mol. The van der Waals surface area contributed by atoms with Crippen molar-refractivity contribution in [3.05, 3.63) is 52.1 Å². The van der Waals surface area contributed by atoms with Gasteiger partial charge in [0.15, 0.2) is 11.2 Å². The molecule has 1 aromatic carbocycles. The summed E-state index contributed by atoms with van der Waals surface area (Å²) in [5.41, 5.74) is 6.37. The molecule has 0 radical (unpaired) electrons. The molecule has 166 valence electrons. The molecule has 5 N–H and O–H groups in total. The Hall–Kier alpha value is -4.55. The van der Waals surface area contributed by atoms with Gasteiger partial charge in [0, 0.05) is 17.2 Å². The van der Waals surface area contributed by atoms with Crippen LogP contribution in [-0.4, -0.2) is 43.8 Å². The van der Waals surface area contributed by atoms with Gasteiger partial charge in [-0.05, 0) is 37.1 Å². The van der Waals surface area contributed by atoms with Crippen molar-refractivity contribution in [3.63, 3.8) is 0 Å². The number of hydrogen-bond acceptors (Lipinski definition) is 11. The summed E-state index contributed by atoms with van der Waals surface area (Å²) in [4.78, 5) is 60.2. The van der Waals surface area contributed by atoms with Gasteiger partial charge in [-0.25, -0.2) is 9.97 Å². The summed E-state index contributed by atoms with van der Waals surface area (Å²) in [6.45, 7) is 0.217. The number of nitrogens with zero attached hydrogens (tertiary/aromatic N) is 3. The van der Waals surface area contributed by atoms with E-state index < -0.39 is 35.9 Å².